The minimum Gasteiger partial charge on any atom is -0.467 e. The zero-order valence-corrected chi connectivity index (χ0v) is 14.4. The van der Waals surface area contributed by atoms with Crippen molar-refractivity contribution in [2.75, 3.05) is 30.3 Å². The third-order valence-corrected chi connectivity index (χ3v) is 5.70. The van der Waals surface area contributed by atoms with Gasteiger partial charge >= 0.3 is 0 Å². The van der Waals surface area contributed by atoms with E-state index in [2.05, 4.69) is 15.5 Å². The first kappa shape index (κ1) is 16.4. The number of anilines is 2. The van der Waals surface area contributed by atoms with E-state index in [0.29, 0.717) is 29.9 Å². The number of hydrogen-bond donors (Lipinski definition) is 2. The maximum Gasteiger partial charge on any atom is 0.253 e. The zero-order chi connectivity index (χ0) is 17.2. The zero-order valence-electron chi connectivity index (χ0n) is 14.4. The molecule has 2 aliphatic rings. The predicted molar refractivity (Wildman–Crippen MR) is 97.8 cm³/mol. The molecule has 2 aromatic rings. The summed E-state index contributed by atoms with van der Waals surface area (Å²) >= 11 is 0. The van der Waals surface area contributed by atoms with Gasteiger partial charge in [0.15, 0.2) is 0 Å². The lowest BCUT2D eigenvalue weighted by Crippen LogP contribution is -2.50. The van der Waals surface area contributed by atoms with E-state index < -0.39 is 10.9 Å². The fourth-order valence-corrected chi connectivity index (χ4v) is 4.37. The van der Waals surface area contributed by atoms with Crippen LogP contribution in [0.2, 0.25) is 0 Å². The quantitative estimate of drug-likeness (QED) is 0.783. The van der Waals surface area contributed by atoms with Crippen molar-refractivity contribution in [3.8, 4) is 0 Å². The molecule has 1 aromatic carbocycles. The van der Waals surface area contributed by atoms with Crippen LogP contribution in [0.1, 0.15) is 37.9 Å². The lowest BCUT2D eigenvalue weighted by molar-refractivity contribution is 0.0649. The molecule has 4 rings (SSSR count). The average Bonchev–Trinajstić information content (AvgIpc) is 3.17. The summed E-state index contributed by atoms with van der Waals surface area (Å²) in [6.45, 7) is 3.59. The van der Waals surface area contributed by atoms with E-state index in [9.17, 15) is 9.59 Å². The Balaban J connectivity index is 1.38. The summed E-state index contributed by atoms with van der Waals surface area (Å²) in [5.41, 5.74) is 0.0115. The molecular weight excluding hydrogens is 318 g/mol. The highest BCUT2D eigenvalue weighted by molar-refractivity contribution is 5.73. The molecule has 6 heteroatoms. The molecule has 2 N–H and O–H groups in total. The normalized spacial score (nSPS) is 24.2. The average molecular weight is 343 g/mol. The molecular formula is C19H25N3O3. The predicted octanol–water partition coefficient (Wildman–Crippen LogP) is 2.16. The number of rotatable bonds is 6. The van der Waals surface area contributed by atoms with Crippen molar-refractivity contribution in [3.63, 3.8) is 0 Å². The molecule has 2 saturated heterocycles. The highest BCUT2D eigenvalue weighted by atomic mass is 16.3. The third-order valence-electron chi connectivity index (χ3n) is 5.70. The van der Waals surface area contributed by atoms with Gasteiger partial charge in [-0.15, -0.1) is 0 Å². The maximum absolute atomic E-state index is 11.9. The first-order valence-corrected chi connectivity index (χ1v) is 9.31. The largest absolute Gasteiger partial charge is 0.467 e. The number of nitrogens with one attached hydrogen (secondary N) is 2. The van der Waals surface area contributed by atoms with Crippen LogP contribution in [-0.2, 0) is 6.54 Å². The minimum atomic E-state index is -0.433. The van der Waals surface area contributed by atoms with Gasteiger partial charge in [0, 0.05) is 12.6 Å². The Labute approximate surface area is 146 Å². The van der Waals surface area contributed by atoms with E-state index in [1.54, 1.807) is 12.3 Å². The number of hydrogen-bond acceptors (Lipinski definition) is 6. The van der Waals surface area contributed by atoms with Crippen molar-refractivity contribution in [2.24, 2.45) is 5.92 Å². The second-order valence-electron chi connectivity index (χ2n) is 7.22. The minimum absolute atomic E-state index is 0.401. The van der Waals surface area contributed by atoms with Gasteiger partial charge in [-0.1, -0.05) is 6.42 Å². The molecule has 2 fully saturated rings. The summed E-state index contributed by atoms with van der Waals surface area (Å²) in [7, 11) is 0. The summed E-state index contributed by atoms with van der Waals surface area (Å²) in [5, 5.41) is 6.31. The third kappa shape index (κ3) is 3.23. The maximum atomic E-state index is 11.9. The van der Waals surface area contributed by atoms with Crippen molar-refractivity contribution in [1.82, 2.24) is 4.90 Å². The molecule has 2 aliphatic heterocycles. The fourth-order valence-electron chi connectivity index (χ4n) is 4.37. The molecule has 0 radical (unpaired) electrons. The fraction of sp³-hybridized carbons (Fsp3) is 0.579. The lowest BCUT2D eigenvalue weighted by Gasteiger charge is -2.44. The van der Waals surface area contributed by atoms with Gasteiger partial charge in [-0.25, -0.2) is 0 Å². The van der Waals surface area contributed by atoms with Gasteiger partial charge in [-0.2, -0.15) is 0 Å². The SMILES string of the molecule is O=c1c(NCc2ccco2)c(NC[C@@H]2CCCN3CCCC[C@H]23)c1=O. The molecule has 0 saturated carbocycles. The molecule has 6 nitrogen and oxygen atoms in total. The van der Waals surface area contributed by atoms with Crippen LogP contribution < -0.4 is 21.5 Å². The van der Waals surface area contributed by atoms with Crippen molar-refractivity contribution in [2.45, 2.75) is 44.7 Å². The van der Waals surface area contributed by atoms with Crippen molar-refractivity contribution in [3.05, 3.63) is 44.6 Å². The Morgan fingerprint density at radius 1 is 1.04 bits per heavy atom. The smallest absolute Gasteiger partial charge is 0.253 e. The van der Waals surface area contributed by atoms with Crippen molar-refractivity contribution in [1.29, 1.82) is 0 Å². The molecule has 0 spiro atoms. The molecule has 2 atom stereocenters. The summed E-state index contributed by atoms with van der Waals surface area (Å²) in [6, 6.07) is 4.27. The van der Waals surface area contributed by atoms with Gasteiger partial charge in [0.25, 0.3) is 10.9 Å². The van der Waals surface area contributed by atoms with E-state index in [1.807, 2.05) is 6.07 Å². The first-order valence-electron chi connectivity index (χ1n) is 9.31. The van der Waals surface area contributed by atoms with Crippen molar-refractivity contribution < 1.29 is 4.42 Å². The molecule has 25 heavy (non-hydrogen) atoms. The Kier molecular flexibility index (Phi) is 4.61. The summed E-state index contributed by atoms with van der Waals surface area (Å²) in [4.78, 5) is 26.4. The second kappa shape index (κ2) is 7.04. The van der Waals surface area contributed by atoms with E-state index >= 15 is 0 Å². The van der Waals surface area contributed by atoms with Crippen molar-refractivity contribution >= 4 is 11.4 Å². The Morgan fingerprint density at radius 2 is 1.84 bits per heavy atom. The Hall–Kier alpha value is -2.08. The highest BCUT2D eigenvalue weighted by Crippen LogP contribution is 2.31. The number of piperidine rings is 2. The van der Waals surface area contributed by atoms with Crippen LogP contribution in [-0.4, -0.2) is 30.6 Å². The van der Waals surface area contributed by atoms with Crippen LogP contribution in [0.5, 0.6) is 0 Å². The molecule has 0 unspecified atom stereocenters. The summed E-state index contributed by atoms with van der Waals surface area (Å²) < 4.78 is 5.26. The molecule has 3 heterocycles. The molecule has 0 amide bonds. The van der Waals surface area contributed by atoms with Crippen LogP contribution in [0.15, 0.2) is 32.4 Å². The standard InChI is InChI=1S/C19H25N3O3/c23-18-16(17(19(18)24)21-12-14-6-4-10-25-14)20-11-13-5-3-9-22-8-2-1-7-15(13)22/h4,6,10,13,15,20-21H,1-3,5,7-9,11-12H2/t13-,15+/m0/s1. The molecule has 134 valence electrons. The lowest BCUT2D eigenvalue weighted by atomic mass is 9.83. The summed E-state index contributed by atoms with van der Waals surface area (Å²) in [5.74, 6) is 1.29. The van der Waals surface area contributed by atoms with Gasteiger partial charge in [0.05, 0.1) is 12.8 Å². The van der Waals surface area contributed by atoms with E-state index in [-0.39, 0.29) is 0 Å². The van der Waals surface area contributed by atoms with Gasteiger partial charge in [0.1, 0.15) is 17.1 Å². The van der Waals surface area contributed by atoms with Crippen LogP contribution in [0, 0.1) is 5.92 Å². The van der Waals surface area contributed by atoms with Crippen LogP contribution >= 0.6 is 0 Å². The number of furan rings is 1. The van der Waals surface area contributed by atoms with Gasteiger partial charge < -0.3 is 20.0 Å². The highest BCUT2D eigenvalue weighted by Gasteiger charge is 2.33. The van der Waals surface area contributed by atoms with Gasteiger partial charge in [0.2, 0.25) is 0 Å². The Morgan fingerprint density at radius 3 is 2.64 bits per heavy atom. The van der Waals surface area contributed by atoms with Gasteiger partial charge in [-0.3, -0.25) is 9.59 Å². The summed E-state index contributed by atoms with van der Waals surface area (Å²) in [6.07, 6.45) is 7.86. The monoisotopic (exact) mass is 343 g/mol. The Bertz CT molecular complexity index is 774. The van der Waals surface area contributed by atoms with Crippen LogP contribution in [0.25, 0.3) is 0 Å². The first-order chi connectivity index (χ1) is 12.2. The number of fused-ring (bicyclic) bond motifs is 1. The number of nitrogens with zero attached hydrogens (tertiary/aromatic N) is 1. The molecule has 1 aromatic heterocycles. The van der Waals surface area contributed by atoms with E-state index in [1.165, 1.54) is 45.2 Å². The van der Waals surface area contributed by atoms with Crippen LogP contribution in [0.3, 0.4) is 0 Å². The second-order valence-corrected chi connectivity index (χ2v) is 7.22. The molecule has 0 bridgehead atoms. The van der Waals surface area contributed by atoms with E-state index in [4.69, 9.17) is 4.42 Å². The topological polar surface area (TPSA) is 74.6 Å². The van der Waals surface area contributed by atoms with Gasteiger partial charge in [-0.05, 0) is 56.8 Å². The van der Waals surface area contributed by atoms with E-state index in [0.717, 1.165) is 12.3 Å². The molecule has 0 aliphatic carbocycles. The van der Waals surface area contributed by atoms with Crippen LogP contribution in [0.4, 0.5) is 11.4 Å².